The minimum atomic E-state index is -4.75. The Morgan fingerprint density at radius 3 is 2.52 bits per heavy atom. The molecule has 0 spiro atoms. The van der Waals surface area contributed by atoms with Gasteiger partial charge in [-0.15, -0.1) is 0 Å². The summed E-state index contributed by atoms with van der Waals surface area (Å²) in [5, 5.41) is 9.47. The van der Waals surface area contributed by atoms with Crippen molar-refractivity contribution in [2.75, 3.05) is 5.75 Å². The lowest BCUT2D eigenvalue weighted by atomic mass is 9.99. The molecular formula is C21H18F3N5O3S. The van der Waals surface area contributed by atoms with Crippen molar-refractivity contribution in [3.63, 3.8) is 0 Å². The molecule has 0 radical (unpaired) electrons. The molecule has 172 valence electrons. The van der Waals surface area contributed by atoms with E-state index >= 15 is 0 Å². The third-order valence-corrected chi connectivity index (χ3v) is 7.94. The molecule has 0 saturated heterocycles. The number of rotatable bonds is 5. The van der Waals surface area contributed by atoms with Crippen LogP contribution in [0, 0.1) is 11.3 Å². The fourth-order valence-corrected chi connectivity index (χ4v) is 5.03. The monoisotopic (exact) mass is 477 g/mol. The molecule has 2 saturated carbocycles. The van der Waals surface area contributed by atoms with Gasteiger partial charge in [-0.1, -0.05) is 6.92 Å². The molecule has 0 aromatic carbocycles. The van der Waals surface area contributed by atoms with E-state index in [4.69, 9.17) is 0 Å². The van der Waals surface area contributed by atoms with E-state index < -0.39 is 38.9 Å². The highest BCUT2D eigenvalue weighted by Gasteiger charge is 2.46. The van der Waals surface area contributed by atoms with E-state index in [9.17, 15) is 31.6 Å². The number of hydrogen-bond acceptors (Lipinski definition) is 6. The number of nitriles is 1. The predicted octanol–water partition coefficient (Wildman–Crippen LogP) is 3.26. The van der Waals surface area contributed by atoms with Crippen LogP contribution in [0.15, 0.2) is 34.2 Å². The average Bonchev–Trinajstić information content (AvgIpc) is 3.70. The summed E-state index contributed by atoms with van der Waals surface area (Å²) < 4.78 is 68.2. The second kappa shape index (κ2) is 6.90. The van der Waals surface area contributed by atoms with E-state index in [0.717, 1.165) is 15.0 Å². The maximum absolute atomic E-state index is 13.6. The number of fused-ring (bicyclic) bond motifs is 1. The highest BCUT2D eigenvalue weighted by atomic mass is 32.2. The zero-order valence-electron chi connectivity index (χ0n) is 17.4. The van der Waals surface area contributed by atoms with Crippen LogP contribution in [-0.4, -0.2) is 33.1 Å². The van der Waals surface area contributed by atoms with E-state index in [1.807, 2.05) is 0 Å². The van der Waals surface area contributed by atoms with Gasteiger partial charge in [0.2, 0.25) is 0 Å². The Morgan fingerprint density at radius 1 is 1.27 bits per heavy atom. The van der Waals surface area contributed by atoms with Gasteiger partial charge in [0.1, 0.15) is 22.7 Å². The van der Waals surface area contributed by atoms with Crippen LogP contribution in [0.2, 0.25) is 0 Å². The van der Waals surface area contributed by atoms with Crippen molar-refractivity contribution in [3.05, 3.63) is 46.3 Å². The summed E-state index contributed by atoms with van der Waals surface area (Å²) in [5.41, 5.74) is -2.63. The van der Waals surface area contributed by atoms with E-state index in [0.29, 0.717) is 31.2 Å². The highest BCUT2D eigenvalue weighted by Crippen LogP contribution is 2.48. The van der Waals surface area contributed by atoms with E-state index in [1.54, 1.807) is 0 Å². The Balaban J connectivity index is 1.74. The van der Waals surface area contributed by atoms with Crippen LogP contribution in [0.3, 0.4) is 0 Å². The fraction of sp³-hybridized carbons (Fsp3) is 0.429. The number of pyridine rings is 1. The van der Waals surface area contributed by atoms with Crippen LogP contribution in [0.1, 0.15) is 49.9 Å². The minimum Gasteiger partial charge on any atom is -0.286 e. The lowest BCUT2D eigenvalue weighted by Gasteiger charge is -2.14. The number of imidazole rings is 1. The first-order chi connectivity index (χ1) is 15.5. The van der Waals surface area contributed by atoms with Crippen LogP contribution in [0.4, 0.5) is 13.2 Å². The van der Waals surface area contributed by atoms with E-state index in [2.05, 4.69) is 16.0 Å². The summed E-state index contributed by atoms with van der Waals surface area (Å²) in [6, 6.07) is 3.85. The smallest absolute Gasteiger partial charge is 0.286 e. The molecule has 2 aliphatic carbocycles. The molecule has 2 aliphatic rings. The van der Waals surface area contributed by atoms with Gasteiger partial charge in [0.15, 0.2) is 9.84 Å². The van der Waals surface area contributed by atoms with Gasteiger partial charge in [-0.3, -0.25) is 14.0 Å². The van der Waals surface area contributed by atoms with Gasteiger partial charge in [-0.05, 0) is 37.3 Å². The Morgan fingerprint density at radius 2 is 1.97 bits per heavy atom. The third-order valence-electron chi connectivity index (χ3n) is 6.20. The van der Waals surface area contributed by atoms with Crippen molar-refractivity contribution in [2.45, 2.75) is 55.1 Å². The average molecular weight is 477 g/mol. The number of alkyl halides is 3. The SMILES string of the molecule is CCS(=O)(=O)c1cc(C2(C#N)CC2)cnc1-c1cn2c(=O)n(C3CC3)c(C(F)(F)F)cc2n1. The predicted molar refractivity (Wildman–Crippen MR) is 110 cm³/mol. The van der Waals surface area contributed by atoms with Crippen molar-refractivity contribution < 1.29 is 21.6 Å². The number of hydrogen-bond donors (Lipinski definition) is 0. The second-order valence-corrected chi connectivity index (χ2v) is 10.7. The van der Waals surface area contributed by atoms with Gasteiger partial charge >= 0.3 is 11.9 Å². The van der Waals surface area contributed by atoms with E-state index in [1.165, 1.54) is 25.4 Å². The summed E-state index contributed by atoms with van der Waals surface area (Å²) in [6.45, 7) is 1.45. The fourth-order valence-electron chi connectivity index (χ4n) is 3.96. The standard InChI is InChI=1S/C21H18F3N5O3S/c1-2-33(31,32)15-7-12(20(11-25)5-6-20)9-26-18(15)14-10-28-17(27-14)8-16(21(22,23)24)29(19(28)30)13-3-4-13/h7-10,13H,2-6H2,1H3. The molecular weight excluding hydrogens is 459 g/mol. The molecule has 2 fully saturated rings. The molecule has 0 aliphatic heterocycles. The van der Waals surface area contributed by atoms with Gasteiger partial charge in [0.05, 0.1) is 22.1 Å². The van der Waals surface area contributed by atoms with Crippen molar-refractivity contribution >= 4 is 15.5 Å². The third kappa shape index (κ3) is 3.42. The van der Waals surface area contributed by atoms with Crippen molar-refractivity contribution in [1.29, 1.82) is 5.26 Å². The van der Waals surface area contributed by atoms with Crippen molar-refractivity contribution in [1.82, 2.24) is 18.9 Å². The topological polar surface area (TPSA) is 110 Å². The Hall–Kier alpha value is -3.20. The highest BCUT2D eigenvalue weighted by molar-refractivity contribution is 7.91. The molecule has 5 rings (SSSR count). The molecule has 8 nitrogen and oxygen atoms in total. The van der Waals surface area contributed by atoms with Crippen LogP contribution in [0.25, 0.3) is 17.0 Å². The normalized spacial score (nSPS) is 17.8. The van der Waals surface area contributed by atoms with Crippen LogP contribution in [0.5, 0.6) is 0 Å². The molecule has 0 amide bonds. The first kappa shape index (κ1) is 21.6. The summed E-state index contributed by atoms with van der Waals surface area (Å²) in [4.78, 5) is 21.1. The molecule has 33 heavy (non-hydrogen) atoms. The van der Waals surface area contributed by atoms with Gasteiger partial charge < -0.3 is 0 Å². The number of halogens is 3. The van der Waals surface area contributed by atoms with Gasteiger partial charge in [0.25, 0.3) is 0 Å². The quantitative estimate of drug-likeness (QED) is 0.558. The molecule has 0 atom stereocenters. The van der Waals surface area contributed by atoms with Crippen LogP contribution >= 0.6 is 0 Å². The summed E-state index contributed by atoms with van der Waals surface area (Å²) in [6.07, 6.45) is -0.0192. The maximum atomic E-state index is 13.6. The Labute approximate surface area is 186 Å². The number of aromatic nitrogens is 4. The zero-order valence-corrected chi connectivity index (χ0v) is 18.2. The molecule has 12 heteroatoms. The number of nitrogens with zero attached hydrogens (tertiary/aromatic N) is 5. The first-order valence-electron chi connectivity index (χ1n) is 10.4. The van der Waals surface area contributed by atoms with Gasteiger partial charge in [-0.2, -0.15) is 18.4 Å². The summed E-state index contributed by atoms with van der Waals surface area (Å²) in [7, 11) is -3.82. The van der Waals surface area contributed by atoms with Crippen LogP contribution < -0.4 is 5.69 Å². The Bertz CT molecular complexity index is 1510. The molecule has 0 unspecified atom stereocenters. The minimum absolute atomic E-state index is 0.0332. The first-order valence-corrected chi connectivity index (χ1v) is 12.0. The molecule has 3 aromatic heterocycles. The van der Waals surface area contributed by atoms with Gasteiger partial charge in [0, 0.05) is 24.5 Å². The Kier molecular flexibility index (Phi) is 4.52. The largest absolute Gasteiger partial charge is 0.431 e. The van der Waals surface area contributed by atoms with Crippen molar-refractivity contribution in [2.24, 2.45) is 0 Å². The second-order valence-electron chi connectivity index (χ2n) is 8.43. The lowest BCUT2D eigenvalue weighted by molar-refractivity contribution is -0.144. The molecule has 3 heterocycles. The molecule has 3 aromatic rings. The maximum Gasteiger partial charge on any atom is 0.431 e. The lowest BCUT2D eigenvalue weighted by Crippen LogP contribution is -2.31. The summed E-state index contributed by atoms with van der Waals surface area (Å²) >= 11 is 0. The van der Waals surface area contributed by atoms with Gasteiger partial charge in [-0.25, -0.2) is 18.2 Å². The number of sulfone groups is 1. The summed E-state index contributed by atoms with van der Waals surface area (Å²) in [5.74, 6) is -0.245. The molecule has 0 bridgehead atoms. The van der Waals surface area contributed by atoms with E-state index in [-0.39, 0.29) is 27.7 Å². The van der Waals surface area contributed by atoms with Crippen LogP contribution in [-0.2, 0) is 21.4 Å². The molecule has 0 N–H and O–H groups in total. The zero-order chi connectivity index (χ0) is 23.8. The van der Waals surface area contributed by atoms with Crippen molar-refractivity contribution in [3.8, 4) is 17.5 Å².